The average molecular weight is 377 g/mol. The van der Waals surface area contributed by atoms with E-state index in [1.54, 1.807) is 18.1 Å². The molecule has 7 heteroatoms. The number of hydrogen-bond donors (Lipinski definition) is 0. The lowest BCUT2D eigenvalue weighted by atomic mass is 9.96. The van der Waals surface area contributed by atoms with Crippen molar-refractivity contribution >= 4 is 11.7 Å². The van der Waals surface area contributed by atoms with Crippen molar-refractivity contribution in [3.63, 3.8) is 0 Å². The topological polar surface area (TPSA) is 75.4 Å². The van der Waals surface area contributed by atoms with Crippen molar-refractivity contribution in [3.05, 3.63) is 60.6 Å². The number of carbonyl (C=O) groups excluding carboxylic acids is 1. The van der Waals surface area contributed by atoms with Crippen molar-refractivity contribution in [1.82, 2.24) is 20.0 Å². The van der Waals surface area contributed by atoms with E-state index in [4.69, 9.17) is 4.52 Å². The summed E-state index contributed by atoms with van der Waals surface area (Å²) in [5, 5.41) is 4.02. The molecule has 28 heavy (non-hydrogen) atoms. The van der Waals surface area contributed by atoms with Crippen LogP contribution in [-0.4, -0.2) is 46.1 Å². The van der Waals surface area contributed by atoms with Gasteiger partial charge in [0.1, 0.15) is 5.82 Å². The molecule has 1 aromatic carbocycles. The average Bonchev–Trinajstić information content (AvgIpc) is 3.23. The summed E-state index contributed by atoms with van der Waals surface area (Å²) < 4.78 is 5.34. The van der Waals surface area contributed by atoms with Gasteiger partial charge in [-0.25, -0.2) is 4.98 Å². The Morgan fingerprint density at radius 3 is 2.82 bits per heavy atom. The van der Waals surface area contributed by atoms with E-state index in [1.165, 1.54) is 0 Å². The number of benzene rings is 1. The van der Waals surface area contributed by atoms with Crippen LogP contribution in [0.25, 0.3) is 11.4 Å². The van der Waals surface area contributed by atoms with E-state index in [9.17, 15) is 4.79 Å². The first-order valence-corrected chi connectivity index (χ1v) is 9.49. The molecular formula is C21H23N5O2. The highest BCUT2D eigenvalue weighted by molar-refractivity contribution is 5.79. The molecule has 2 aromatic heterocycles. The molecular weight excluding hydrogens is 354 g/mol. The van der Waals surface area contributed by atoms with Gasteiger partial charge in [-0.15, -0.1) is 0 Å². The van der Waals surface area contributed by atoms with Gasteiger partial charge in [-0.1, -0.05) is 41.6 Å². The summed E-state index contributed by atoms with van der Waals surface area (Å²) in [5.74, 6) is 1.94. The first-order chi connectivity index (χ1) is 13.7. The van der Waals surface area contributed by atoms with E-state index in [0.717, 1.165) is 30.8 Å². The lowest BCUT2D eigenvalue weighted by Gasteiger charge is -2.34. The summed E-state index contributed by atoms with van der Waals surface area (Å²) >= 11 is 0. The molecule has 144 valence electrons. The Labute approximate surface area is 164 Å². The van der Waals surface area contributed by atoms with Crippen molar-refractivity contribution in [2.75, 3.05) is 25.0 Å². The largest absolute Gasteiger partial charge is 0.356 e. The van der Waals surface area contributed by atoms with Gasteiger partial charge in [0.05, 0.1) is 12.5 Å². The van der Waals surface area contributed by atoms with Crippen LogP contribution in [0, 0.1) is 5.92 Å². The lowest BCUT2D eigenvalue weighted by molar-refractivity contribution is -0.135. The van der Waals surface area contributed by atoms with Gasteiger partial charge in [-0.05, 0) is 25.0 Å². The Kier molecular flexibility index (Phi) is 5.32. The molecule has 0 unspecified atom stereocenters. The molecule has 0 aliphatic carbocycles. The van der Waals surface area contributed by atoms with Crippen molar-refractivity contribution in [1.29, 1.82) is 0 Å². The van der Waals surface area contributed by atoms with Crippen molar-refractivity contribution in [2.24, 2.45) is 5.92 Å². The second-order valence-corrected chi connectivity index (χ2v) is 7.05. The highest BCUT2D eigenvalue weighted by Gasteiger charge is 2.29. The van der Waals surface area contributed by atoms with Crippen LogP contribution in [0.15, 0.2) is 59.3 Å². The van der Waals surface area contributed by atoms with Gasteiger partial charge in [0.2, 0.25) is 17.6 Å². The van der Waals surface area contributed by atoms with Crippen molar-refractivity contribution < 1.29 is 9.32 Å². The predicted molar refractivity (Wildman–Crippen MR) is 105 cm³/mol. The first kappa shape index (κ1) is 18.2. The van der Waals surface area contributed by atoms with Crippen LogP contribution in [0.4, 0.5) is 5.82 Å². The fraction of sp³-hybridized carbons (Fsp3) is 0.333. The first-order valence-electron chi connectivity index (χ1n) is 9.49. The van der Waals surface area contributed by atoms with Crippen molar-refractivity contribution in [3.8, 4) is 11.4 Å². The maximum atomic E-state index is 12.9. The zero-order valence-electron chi connectivity index (χ0n) is 15.9. The third-order valence-electron chi connectivity index (χ3n) is 4.99. The predicted octanol–water partition coefficient (Wildman–Crippen LogP) is 3.01. The molecule has 0 N–H and O–H groups in total. The Balaban J connectivity index is 1.39. The third-order valence-corrected chi connectivity index (χ3v) is 4.99. The molecule has 1 saturated heterocycles. The van der Waals surface area contributed by atoms with Gasteiger partial charge >= 0.3 is 0 Å². The number of anilines is 1. The third kappa shape index (κ3) is 4.03. The van der Waals surface area contributed by atoms with E-state index in [0.29, 0.717) is 24.8 Å². The quantitative estimate of drug-likeness (QED) is 0.680. The molecule has 4 rings (SSSR count). The van der Waals surface area contributed by atoms with Gasteiger partial charge in [0.25, 0.3) is 0 Å². The number of carbonyl (C=O) groups is 1. The standard InChI is InChI=1S/C21H23N5O2/c1-25(15-19-23-20(24-28-19)16-8-3-2-4-9-16)21(27)17-10-7-13-26(14-17)18-11-5-6-12-22-18/h2-6,8-9,11-12,17H,7,10,13-15H2,1H3/t17-/m1/s1. The van der Waals surface area contributed by atoms with Gasteiger partial charge in [-0.2, -0.15) is 4.98 Å². The SMILES string of the molecule is CN(Cc1nc(-c2ccccc2)no1)C(=O)[C@@H]1CCCN(c2ccccn2)C1. The molecule has 1 atom stereocenters. The summed E-state index contributed by atoms with van der Waals surface area (Å²) in [6.45, 7) is 1.91. The number of rotatable bonds is 5. The summed E-state index contributed by atoms with van der Waals surface area (Å²) in [7, 11) is 1.79. The Morgan fingerprint density at radius 2 is 2.04 bits per heavy atom. The van der Waals surface area contributed by atoms with Crippen LogP contribution < -0.4 is 4.90 Å². The number of piperidine rings is 1. The zero-order valence-corrected chi connectivity index (χ0v) is 15.9. The zero-order chi connectivity index (χ0) is 19.3. The molecule has 1 amide bonds. The minimum Gasteiger partial charge on any atom is -0.356 e. The molecule has 3 heterocycles. The summed E-state index contributed by atoms with van der Waals surface area (Å²) in [4.78, 5) is 25.6. The minimum atomic E-state index is -0.0581. The monoisotopic (exact) mass is 377 g/mol. The molecule has 1 aliphatic heterocycles. The van der Waals surface area contributed by atoms with Gasteiger partial charge in [-0.3, -0.25) is 4.79 Å². The molecule has 0 saturated carbocycles. The number of hydrogen-bond acceptors (Lipinski definition) is 6. The molecule has 1 aliphatic rings. The number of nitrogens with zero attached hydrogens (tertiary/aromatic N) is 5. The van der Waals surface area contributed by atoms with Crippen LogP contribution in [0.2, 0.25) is 0 Å². The van der Waals surface area contributed by atoms with Crippen LogP contribution in [0.3, 0.4) is 0 Å². The minimum absolute atomic E-state index is 0.0581. The molecule has 0 spiro atoms. The highest BCUT2D eigenvalue weighted by Crippen LogP contribution is 2.23. The van der Waals surface area contributed by atoms with Crippen LogP contribution in [0.1, 0.15) is 18.7 Å². The van der Waals surface area contributed by atoms with Crippen molar-refractivity contribution in [2.45, 2.75) is 19.4 Å². The number of amides is 1. The van der Waals surface area contributed by atoms with Gasteiger partial charge < -0.3 is 14.3 Å². The van der Waals surface area contributed by atoms with E-state index < -0.39 is 0 Å². The van der Waals surface area contributed by atoms with E-state index >= 15 is 0 Å². The summed E-state index contributed by atoms with van der Waals surface area (Å²) in [6.07, 6.45) is 3.64. The fourth-order valence-electron chi connectivity index (χ4n) is 3.54. The van der Waals surface area contributed by atoms with Crippen LogP contribution >= 0.6 is 0 Å². The van der Waals surface area contributed by atoms with E-state index in [-0.39, 0.29) is 11.8 Å². The lowest BCUT2D eigenvalue weighted by Crippen LogP contribution is -2.43. The molecule has 0 radical (unpaired) electrons. The number of pyridine rings is 1. The molecule has 3 aromatic rings. The van der Waals surface area contributed by atoms with Gasteiger partial charge in [0.15, 0.2) is 0 Å². The highest BCUT2D eigenvalue weighted by atomic mass is 16.5. The molecule has 0 bridgehead atoms. The Bertz CT molecular complexity index is 913. The smallest absolute Gasteiger partial charge is 0.246 e. The normalized spacial score (nSPS) is 16.8. The Hall–Kier alpha value is -3.22. The summed E-state index contributed by atoms with van der Waals surface area (Å²) in [5.41, 5.74) is 0.893. The van der Waals surface area contributed by atoms with E-state index in [1.807, 2.05) is 48.5 Å². The Morgan fingerprint density at radius 1 is 1.21 bits per heavy atom. The second kappa shape index (κ2) is 8.21. The second-order valence-electron chi connectivity index (χ2n) is 7.05. The number of aromatic nitrogens is 3. The maximum Gasteiger partial charge on any atom is 0.246 e. The fourth-order valence-corrected chi connectivity index (χ4v) is 3.54. The molecule has 1 fully saturated rings. The van der Waals surface area contributed by atoms with E-state index in [2.05, 4.69) is 20.0 Å². The van der Waals surface area contributed by atoms with Crippen LogP contribution in [0.5, 0.6) is 0 Å². The summed E-state index contributed by atoms with van der Waals surface area (Å²) in [6, 6.07) is 15.5. The molecule has 7 nitrogen and oxygen atoms in total. The van der Waals surface area contributed by atoms with Crippen LogP contribution in [-0.2, 0) is 11.3 Å². The van der Waals surface area contributed by atoms with Gasteiger partial charge in [0, 0.05) is 31.9 Å². The maximum absolute atomic E-state index is 12.9.